The summed E-state index contributed by atoms with van der Waals surface area (Å²) < 4.78 is 261. The fourth-order valence-electron chi connectivity index (χ4n) is 11.6. The standard InChI is InChI=1S/C21H14F5N3O3.C21H21F3N2O4S.C19H13F3N2O3.C18H12F4N4O3/c1-20(22,23)17-8-9-27-18(28-17)11-30-19-15-10-13(4-7-16(15)32-29-19)12-2-5-14(6-3-12)31-21(24,25)26;1-31(27)12-9-26(10-13-31)8-11-28-20-18-14-16(4-7-19(18)30-25-20)15-2-5-17(6-3-15)29-21(22,23)24;20-19(21,22)26-15-4-1-13(2-5-15)14-3-6-17-16(9-14)18(24-27-17)25-11-12-7-8-23-10-12;19-15-8-12(11-1-3-13(4-2-11)28-18(20,21)22)7-14-16(15)29-25-17(14)27-6-5-26-10-23-9-24-26/h2-10H,11H2,1H3;2-7,14H,1,8-13H2;1-7,9-10H,8,11H2;1-4,7-10H,5-6H2. The molecule has 40 heteroatoms. The molecule has 24 nitrogen and oxygen atoms in total. The fraction of sp³-hybridized carbons (Fsp3) is 0.215. The molecular formula is C79H60F15N11O13S. The molecule has 14 aromatic rings. The molecular weight excluding hydrogens is 1630 g/mol. The number of halogens is 15. The second-order valence-corrected chi connectivity index (χ2v) is 28.6. The smallest absolute Gasteiger partial charge is 0.474 e. The highest BCUT2D eigenvalue weighted by atomic mass is 32.2. The molecule has 1 saturated heterocycles. The van der Waals surface area contributed by atoms with Crippen LogP contribution in [0.3, 0.4) is 0 Å². The van der Waals surface area contributed by atoms with Crippen LogP contribution in [0.15, 0.2) is 223 Å². The molecule has 8 heterocycles. The van der Waals surface area contributed by atoms with Crippen molar-refractivity contribution in [1.29, 1.82) is 0 Å². The normalized spacial score (nSPS) is 13.7. The monoisotopic (exact) mass is 1690 g/mol. The summed E-state index contributed by atoms with van der Waals surface area (Å²) in [5.74, 6) is 0.834. The molecule has 0 N–H and O–H groups in total. The van der Waals surface area contributed by atoms with Crippen molar-refractivity contribution in [3.8, 4) is 91.0 Å². The number of nitrogens with zero attached hydrogens (tertiary/aromatic N) is 11. The first-order chi connectivity index (χ1) is 56.6. The van der Waals surface area contributed by atoms with E-state index in [1.807, 2.05) is 18.2 Å². The lowest BCUT2D eigenvalue weighted by molar-refractivity contribution is -0.275. The summed E-state index contributed by atoms with van der Waals surface area (Å²) in [5, 5.41) is 21.5. The lowest BCUT2D eigenvalue weighted by atomic mass is 10.0. The van der Waals surface area contributed by atoms with Gasteiger partial charge in [-0.1, -0.05) is 72.8 Å². The molecule has 2 aliphatic heterocycles. The molecule has 0 spiro atoms. The SMILES string of the molecule is C=S1(=O)CCN(CCOc2noc3ccc(-c4ccc(OC(F)(F)F)cc4)cc23)CC1.CC(F)(F)c1ccnc(COc2noc3ccc(-c4ccc(OC(F)(F)F)cc4)cc23)n1.FC(F)(F)Oc1ccc(-c2ccc3onc(OCC4=CCN=C4)c3c2)cc1.Fc1cc(-c2ccc(OC(F)(F)F)cc2)cc2c(OCCn3cncn3)noc12. The van der Waals surface area contributed by atoms with Gasteiger partial charge in [0.25, 0.3) is 29.4 Å². The minimum atomic E-state index is -4.78. The number of alkyl halides is 14. The van der Waals surface area contributed by atoms with Crippen molar-refractivity contribution >= 4 is 65.5 Å². The van der Waals surface area contributed by atoms with Crippen LogP contribution in [0.5, 0.6) is 46.5 Å². The Bertz CT molecular complexity index is 5960. The quantitative estimate of drug-likeness (QED) is 0.0425. The van der Waals surface area contributed by atoms with E-state index >= 15 is 0 Å². The fourth-order valence-corrected chi connectivity index (χ4v) is 13.0. The topological polar surface area (TPSA) is 267 Å². The highest BCUT2D eigenvalue weighted by Crippen LogP contribution is 2.39. The van der Waals surface area contributed by atoms with Crippen LogP contribution in [0.2, 0.25) is 0 Å². The summed E-state index contributed by atoms with van der Waals surface area (Å²) in [6.07, 6.45) is -11.2. The molecule has 0 atom stereocenters. The van der Waals surface area contributed by atoms with Crippen LogP contribution in [0.4, 0.5) is 65.9 Å². The van der Waals surface area contributed by atoms with Crippen molar-refractivity contribution < 1.29 is 126 Å². The molecule has 6 aromatic heterocycles. The van der Waals surface area contributed by atoms with Gasteiger partial charge in [0.2, 0.25) is 5.58 Å². The van der Waals surface area contributed by atoms with Crippen LogP contribution < -0.4 is 37.9 Å². The molecule has 0 saturated carbocycles. The maximum Gasteiger partial charge on any atom is 0.573 e. The molecule has 16 rings (SSSR count). The molecule has 0 amide bonds. The number of rotatable bonds is 23. The van der Waals surface area contributed by atoms with Crippen molar-refractivity contribution in [2.45, 2.75) is 51.4 Å². The predicted molar refractivity (Wildman–Crippen MR) is 400 cm³/mol. The summed E-state index contributed by atoms with van der Waals surface area (Å²) in [5.41, 5.74) is 7.13. The molecule has 2 aliphatic rings. The Morgan fingerprint density at radius 3 is 1.29 bits per heavy atom. The van der Waals surface area contributed by atoms with E-state index in [9.17, 15) is 70.1 Å². The number of benzene rings is 8. The molecule has 0 radical (unpaired) electrons. The molecule has 1 fully saturated rings. The molecule has 0 aliphatic carbocycles. The van der Waals surface area contributed by atoms with Gasteiger partial charge >= 0.3 is 25.4 Å². The third kappa shape index (κ3) is 23.3. The Morgan fingerprint density at radius 2 is 0.874 bits per heavy atom. The first-order valence-corrected chi connectivity index (χ1v) is 37.2. The van der Waals surface area contributed by atoms with Gasteiger partial charge in [-0.25, -0.2) is 24.0 Å². The van der Waals surface area contributed by atoms with E-state index in [-0.39, 0.29) is 59.4 Å². The van der Waals surface area contributed by atoms with E-state index in [4.69, 9.17) is 37.0 Å². The second kappa shape index (κ2) is 35.6. The van der Waals surface area contributed by atoms with Crippen LogP contribution in [-0.2, 0) is 28.6 Å². The summed E-state index contributed by atoms with van der Waals surface area (Å²) >= 11 is 0. The number of aromatic nitrogens is 9. The van der Waals surface area contributed by atoms with E-state index < -0.39 is 52.4 Å². The van der Waals surface area contributed by atoms with Gasteiger partial charge in [0.15, 0.2) is 28.4 Å². The number of fused-ring (bicyclic) bond motifs is 4. The molecule has 0 bridgehead atoms. The zero-order valence-electron chi connectivity index (χ0n) is 61.3. The number of hydrogen-bond acceptors (Lipinski definition) is 23. The van der Waals surface area contributed by atoms with Crippen molar-refractivity contribution in [2.24, 2.45) is 4.99 Å². The van der Waals surface area contributed by atoms with E-state index in [1.165, 1.54) is 85.6 Å². The van der Waals surface area contributed by atoms with Crippen molar-refractivity contribution in [3.05, 3.63) is 218 Å². The average molecular weight is 1690 g/mol. The van der Waals surface area contributed by atoms with E-state index in [2.05, 4.69) is 75.4 Å². The minimum Gasteiger partial charge on any atom is -0.474 e. The Kier molecular flexibility index (Phi) is 25.0. The van der Waals surface area contributed by atoms with Crippen LogP contribution in [0.1, 0.15) is 18.4 Å². The van der Waals surface area contributed by atoms with Gasteiger partial charge in [-0.15, -0.1) is 52.7 Å². The summed E-state index contributed by atoms with van der Waals surface area (Å²) in [4.78, 5) is 17.8. The van der Waals surface area contributed by atoms with E-state index in [0.717, 1.165) is 60.5 Å². The lowest BCUT2D eigenvalue weighted by Gasteiger charge is -2.28. The van der Waals surface area contributed by atoms with Gasteiger partial charge in [-0.3, -0.25) is 14.1 Å². The average Bonchev–Trinajstić information content (AvgIpc) is 1.78. The summed E-state index contributed by atoms with van der Waals surface area (Å²) in [6, 6.07) is 41.3. The maximum atomic E-state index is 14.4. The second-order valence-electron chi connectivity index (χ2n) is 25.9. The largest absolute Gasteiger partial charge is 0.573 e. The van der Waals surface area contributed by atoms with Crippen LogP contribution >= 0.6 is 0 Å². The number of hydrogen-bond donors (Lipinski definition) is 0. The van der Waals surface area contributed by atoms with Crippen LogP contribution in [0, 0.1) is 5.82 Å². The van der Waals surface area contributed by atoms with Gasteiger partial charge in [-0.2, -0.15) is 13.9 Å². The van der Waals surface area contributed by atoms with Crippen molar-refractivity contribution in [2.75, 3.05) is 57.5 Å². The number of aliphatic imine (C=N–C) groups is 1. The maximum absolute atomic E-state index is 14.4. The zero-order valence-corrected chi connectivity index (χ0v) is 62.2. The first kappa shape index (κ1) is 83.5. The minimum absolute atomic E-state index is 0.0385. The molecule has 8 aromatic carbocycles. The Morgan fingerprint density at radius 1 is 0.471 bits per heavy atom. The first-order valence-electron chi connectivity index (χ1n) is 35.1. The summed E-state index contributed by atoms with van der Waals surface area (Å²) in [7, 11) is -1.93. The molecule has 620 valence electrons. The van der Waals surface area contributed by atoms with Crippen LogP contribution in [-0.4, -0.2) is 150 Å². The van der Waals surface area contributed by atoms with Crippen LogP contribution in [0.25, 0.3) is 88.4 Å². The highest BCUT2D eigenvalue weighted by Gasteiger charge is 2.35. The van der Waals surface area contributed by atoms with Crippen molar-refractivity contribution in [1.82, 2.24) is 50.3 Å². The number of ether oxygens (including phenoxy) is 8. The molecule has 0 unspecified atom stereocenters. The third-order valence-corrected chi connectivity index (χ3v) is 19.2. The van der Waals surface area contributed by atoms with Gasteiger partial charge in [0, 0.05) is 56.0 Å². The Labute approximate surface area is 661 Å². The van der Waals surface area contributed by atoms with Gasteiger partial charge in [0.05, 0.1) is 34.6 Å². The van der Waals surface area contributed by atoms with E-state index in [1.54, 1.807) is 83.7 Å². The summed E-state index contributed by atoms with van der Waals surface area (Å²) in [6.45, 7) is 4.60. The van der Waals surface area contributed by atoms with Gasteiger partial charge < -0.3 is 56.0 Å². The van der Waals surface area contributed by atoms with Gasteiger partial charge in [0.1, 0.15) is 67.8 Å². The molecule has 119 heavy (non-hydrogen) atoms. The van der Waals surface area contributed by atoms with Crippen molar-refractivity contribution in [3.63, 3.8) is 0 Å². The van der Waals surface area contributed by atoms with E-state index in [0.29, 0.717) is 122 Å². The predicted octanol–water partition coefficient (Wildman–Crippen LogP) is 18.7. The third-order valence-electron chi connectivity index (χ3n) is 17.3. The Balaban J connectivity index is 0.000000138. The highest BCUT2D eigenvalue weighted by molar-refractivity contribution is 8.00. The van der Waals surface area contributed by atoms with Gasteiger partial charge in [-0.05, 0) is 184 Å². The zero-order chi connectivity index (χ0) is 84.3. The lowest BCUT2D eigenvalue weighted by Crippen LogP contribution is -2.42. The Hall–Kier alpha value is -13.4.